The third-order valence-corrected chi connectivity index (χ3v) is 6.40. The molecule has 2 aliphatic heterocycles. The van der Waals surface area contributed by atoms with Gasteiger partial charge in [-0.05, 0) is 36.8 Å². The summed E-state index contributed by atoms with van der Waals surface area (Å²) in [7, 11) is 3.21. The highest BCUT2D eigenvalue weighted by atomic mass is 16.5. The highest BCUT2D eigenvalue weighted by molar-refractivity contribution is 5.76. The number of nitrogens with zero attached hydrogens (tertiary/aromatic N) is 4. The zero-order valence-corrected chi connectivity index (χ0v) is 19.3. The van der Waals surface area contributed by atoms with Gasteiger partial charge < -0.3 is 9.47 Å². The number of hydrogen-bond donors (Lipinski definition) is 2. The number of fused-ring (bicyclic) bond motifs is 3. The molecule has 3 heterocycles. The van der Waals surface area contributed by atoms with E-state index in [2.05, 4.69) is 5.32 Å². The van der Waals surface area contributed by atoms with Gasteiger partial charge in [-0.15, -0.1) is 0 Å². The summed E-state index contributed by atoms with van der Waals surface area (Å²) in [6.07, 6.45) is 0. The standard InChI is InChI=1S/C24H26N6O4/c1-15-12-28-23(31)29(17-7-5-4-6-8-17)24(32)30(28)19-14-27(22(25)26-21(15)19)13-16-9-10-18(33-2)11-20(16)34-3/h4-11,19H,12-14H2,1-3H3,(H2,25,26)/p+1. The first kappa shape index (κ1) is 21.6. The summed E-state index contributed by atoms with van der Waals surface area (Å²) < 4.78 is 17.0. The predicted molar refractivity (Wildman–Crippen MR) is 127 cm³/mol. The molecule has 1 atom stereocenters. The van der Waals surface area contributed by atoms with Crippen molar-refractivity contribution in [2.45, 2.75) is 26.1 Å². The molecule has 0 fully saturated rings. The van der Waals surface area contributed by atoms with Crippen molar-refractivity contribution >= 4 is 5.96 Å². The number of methoxy groups -OCH3 is 2. The van der Waals surface area contributed by atoms with Crippen LogP contribution in [0.5, 0.6) is 11.5 Å². The number of aromatic nitrogens is 3. The van der Waals surface area contributed by atoms with E-state index in [0.717, 1.165) is 16.8 Å². The second kappa shape index (κ2) is 8.29. The van der Waals surface area contributed by atoms with Gasteiger partial charge in [-0.3, -0.25) is 10.3 Å². The second-order valence-corrected chi connectivity index (χ2v) is 8.42. The summed E-state index contributed by atoms with van der Waals surface area (Å²) in [4.78, 5) is 26.7. The molecule has 1 aromatic heterocycles. The van der Waals surface area contributed by atoms with Gasteiger partial charge in [-0.2, -0.15) is 0 Å². The Balaban J connectivity index is 1.56. The minimum absolute atomic E-state index is 0.312. The zero-order chi connectivity index (χ0) is 24.0. The van der Waals surface area contributed by atoms with Crippen molar-refractivity contribution < 1.29 is 14.0 Å². The van der Waals surface area contributed by atoms with Crippen molar-refractivity contribution in [2.75, 3.05) is 20.8 Å². The van der Waals surface area contributed by atoms with E-state index >= 15 is 0 Å². The van der Waals surface area contributed by atoms with Gasteiger partial charge in [0.25, 0.3) is 0 Å². The monoisotopic (exact) mass is 463 g/mol. The summed E-state index contributed by atoms with van der Waals surface area (Å²) in [5.74, 6) is 1.85. The van der Waals surface area contributed by atoms with Crippen LogP contribution in [0.4, 0.5) is 0 Å². The molecule has 176 valence electrons. The fraction of sp³-hybridized carbons (Fsp3) is 0.292. The van der Waals surface area contributed by atoms with Crippen LogP contribution in [0.15, 0.2) is 69.4 Å². The van der Waals surface area contributed by atoms with Gasteiger partial charge in [0.05, 0.1) is 39.5 Å². The van der Waals surface area contributed by atoms with E-state index in [1.807, 2.05) is 35.8 Å². The largest absolute Gasteiger partial charge is 0.497 e. The molecule has 0 saturated carbocycles. The van der Waals surface area contributed by atoms with Crippen molar-refractivity contribution in [1.29, 1.82) is 0 Å². The minimum atomic E-state index is -0.393. The maximum atomic E-state index is 13.5. The number of benzene rings is 2. The maximum absolute atomic E-state index is 13.5. The highest BCUT2D eigenvalue weighted by Gasteiger charge is 2.38. The van der Waals surface area contributed by atoms with E-state index in [9.17, 15) is 9.59 Å². The molecule has 1 unspecified atom stereocenters. The van der Waals surface area contributed by atoms with E-state index in [1.165, 1.54) is 13.9 Å². The van der Waals surface area contributed by atoms with E-state index in [1.54, 1.807) is 38.5 Å². The highest BCUT2D eigenvalue weighted by Crippen LogP contribution is 2.29. The molecule has 2 aromatic carbocycles. The normalized spacial score (nSPS) is 17.2. The van der Waals surface area contributed by atoms with E-state index < -0.39 is 6.04 Å². The molecule has 3 aromatic rings. The molecule has 3 N–H and O–H groups in total. The third kappa shape index (κ3) is 3.38. The first-order valence-corrected chi connectivity index (χ1v) is 11.0. The average molecular weight is 464 g/mol. The Hall–Kier alpha value is -4.21. The molecule has 10 nitrogen and oxygen atoms in total. The van der Waals surface area contributed by atoms with Gasteiger partial charge in [0, 0.05) is 11.6 Å². The molecule has 0 bridgehead atoms. The summed E-state index contributed by atoms with van der Waals surface area (Å²) >= 11 is 0. The van der Waals surface area contributed by atoms with Gasteiger partial charge in [0.1, 0.15) is 23.2 Å². The van der Waals surface area contributed by atoms with Gasteiger partial charge in [0.15, 0.2) is 0 Å². The van der Waals surface area contributed by atoms with Crippen molar-refractivity contribution in [3.63, 3.8) is 0 Å². The molecule has 0 spiro atoms. The SMILES string of the molecule is COc1ccc(C[N+]2=C(N)NC3=C(C)Cn4c(=O)n(-c5ccccc5)c(=O)n4C3C2)c(OC)c1. The summed E-state index contributed by atoms with van der Waals surface area (Å²) in [6.45, 7) is 3.13. The molecule has 2 aliphatic rings. The van der Waals surface area contributed by atoms with E-state index in [-0.39, 0.29) is 11.4 Å². The zero-order valence-electron chi connectivity index (χ0n) is 19.3. The Kier molecular flexibility index (Phi) is 5.27. The van der Waals surface area contributed by atoms with Crippen molar-refractivity contribution in [2.24, 2.45) is 5.73 Å². The Morgan fingerprint density at radius 1 is 1.09 bits per heavy atom. The number of para-hydroxylation sites is 1. The van der Waals surface area contributed by atoms with Crippen LogP contribution < -0.4 is 31.9 Å². The Morgan fingerprint density at radius 3 is 2.56 bits per heavy atom. The predicted octanol–water partition coefficient (Wildman–Crippen LogP) is 0.777. The quantitative estimate of drug-likeness (QED) is 0.542. The van der Waals surface area contributed by atoms with Crippen molar-refractivity contribution in [1.82, 2.24) is 19.2 Å². The van der Waals surface area contributed by atoms with Crippen molar-refractivity contribution in [3.05, 3.63) is 86.3 Å². The minimum Gasteiger partial charge on any atom is -0.497 e. The number of hydrogen-bond acceptors (Lipinski definition) is 6. The lowest BCUT2D eigenvalue weighted by Gasteiger charge is -2.32. The number of nitrogens with one attached hydrogen (secondary N) is 1. The molecule has 0 radical (unpaired) electrons. The number of ether oxygens (including phenoxy) is 2. The maximum Gasteiger partial charge on any atom is 0.352 e. The van der Waals surface area contributed by atoms with Crippen LogP contribution in [-0.4, -0.2) is 45.2 Å². The molecular weight excluding hydrogens is 436 g/mol. The number of guanidine groups is 1. The lowest BCUT2D eigenvalue weighted by molar-refractivity contribution is -0.554. The van der Waals surface area contributed by atoms with Crippen LogP contribution in [0.3, 0.4) is 0 Å². The topological polar surface area (TPSA) is 108 Å². The Bertz CT molecular complexity index is 1440. The third-order valence-electron chi connectivity index (χ3n) is 6.40. The van der Waals surface area contributed by atoms with Gasteiger partial charge in [-0.25, -0.2) is 28.8 Å². The smallest absolute Gasteiger partial charge is 0.352 e. The van der Waals surface area contributed by atoms with Crippen LogP contribution in [-0.2, 0) is 13.1 Å². The number of nitrogens with two attached hydrogens (primary N) is 1. The van der Waals surface area contributed by atoms with Crippen LogP contribution >= 0.6 is 0 Å². The van der Waals surface area contributed by atoms with E-state index in [0.29, 0.717) is 42.8 Å². The molecular formula is C24H27N6O4+. The first-order chi connectivity index (χ1) is 16.4. The number of rotatable bonds is 5. The fourth-order valence-corrected chi connectivity index (χ4v) is 4.68. The van der Waals surface area contributed by atoms with Crippen LogP contribution in [0, 0.1) is 0 Å². The second-order valence-electron chi connectivity index (χ2n) is 8.42. The van der Waals surface area contributed by atoms with Gasteiger partial charge in [-0.1, -0.05) is 18.2 Å². The van der Waals surface area contributed by atoms with Gasteiger partial charge in [0.2, 0.25) is 0 Å². The Labute approximate surface area is 195 Å². The molecule has 0 aliphatic carbocycles. The Morgan fingerprint density at radius 2 is 1.85 bits per heavy atom. The van der Waals surface area contributed by atoms with E-state index in [4.69, 9.17) is 15.2 Å². The molecule has 0 amide bonds. The fourth-order valence-electron chi connectivity index (χ4n) is 4.68. The van der Waals surface area contributed by atoms with Gasteiger partial charge >= 0.3 is 17.3 Å². The lowest BCUT2D eigenvalue weighted by Crippen LogP contribution is -2.53. The average Bonchev–Trinajstić information content (AvgIpc) is 3.10. The van der Waals surface area contributed by atoms with Crippen molar-refractivity contribution in [3.8, 4) is 17.2 Å². The summed E-state index contributed by atoms with van der Waals surface area (Å²) in [5.41, 5.74) is 8.93. The number of allylic oxidation sites excluding steroid dienone is 1. The molecule has 10 heteroatoms. The van der Waals surface area contributed by atoms with Crippen LogP contribution in [0.2, 0.25) is 0 Å². The summed E-state index contributed by atoms with van der Waals surface area (Å²) in [5, 5.41) is 3.29. The summed E-state index contributed by atoms with van der Waals surface area (Å²) in [6, 6.07) is 14.2. The first-order valence-electron chi connectivity index (χ1n) is 11.0. The molecule has 5 rings (SSSR count). The molecule has 0 saturated heterocycles. The van der Waals surface area contributed by atoms with Crippen LogP contribution in [0.1, 0.15) is 18.5 Å². The lowest BCUT2D eigenvalue weighted by atomic mass is 10.0. The molecule has 34 heavy (non-hydrogen) atoms. The van der Waals surface area contributed by atoms with Crippen LogP contribution in [0.25, 0.3) is 5.69 Å².